The number of fused-ring (bicyclic) bond motifs is 1. The Morgan fingerprint density at radius 1 is 0.970 bits per heavy atom. The molecule has 0 unspecified atom stereocenters. The molecule has 4 aromatic rings. The van der Waals surface area contributed by atoms with E-state index in [1.54, 1.807) is 0 Å². The molecule has 0 atom stereocenters. The van der Waals surface area contributed by atoms with Gasteiger partial charge in [-0.2, -0.15) is 4.98 Å². The maximum Gasteiger partial charge on any atom is 0.257 e. The third-order valence-corrected chi connectivity index (χ3v) is 6.04. The third kappa shape index (κ3) is 4.98. The summed E-state index contributed by atoms with van der Waals surface area (Å²) in [6.45, 7) is 7.39. The van der Waals surface area contributed by atoms with E-state index in [0.29, 0.717) is 12.4 Å². The van der Waals surface area contributed by atoms with E-state index in [9.17, 15) is 0 Å². The zero-order valence-electron chi connectivity index (χ0n) is 19.0. The largest absolute Gasteiger partial charge is 0.494 e. The highest BCUT2D eigenvalue weighted by Gasteiger charge is 2.21. The molecule has 170 valence electrons. The maximum atomic E-state index is 5.73. The molecule has 2 aromatic heterocycles. The molecule has 5 rings (SSSR count). The van der Waals surface area contributed by atoms with E-state index in [1.165, 1.54) is 11.1 Å². The van der Waals surface area contributed by atoms with Crippen molar-refractivity contribution >= 4 is 16.6 Å². The highest BCUT2D eigenvalue weighted by atomic mass is 16.5. The highest BCUT2D eigenvalue weighted by molar-refractivity contribution is 5.91. The first kappa shape index (κ1) is 21.4. The van der Waals surface area contributed by atoms with Crippen LogP contribution in [0, 0.1) is 0 Å². The molecule has 0 spiro atoms. The van der Waals surface area contributed by atoms with Crippen LogP contribution < -0.4 is 9.64 Å². The van der Waals surface area contributed by atoms with Gasteiger partial charge in [-0.15, -0.1) is 0 Å². The number of piperazine rings is 1. The highest BCUT2D eigenvalue weighted by Crippen LogP contribution is 2.26. The molecule has 0 aliphatic carbocycles. The average Bonchev–Trinajstić information content (AvgIpc) is 3.33. The molecule has 2 aromatic carbocycles. The van der Waals surface area contributed by atoms with Crippen LogP contribution in [0.3, 0.4) is 0 Å². The summed E-state index contributed by atoms with van der Waals surface area (Å²) in [5, 5.41) is 5.41. The van der Waals surface area contributed by atoms with Crippen molar-refractivity contribution in [1.29, 1.82) is 0 Å². The number of para-hydroxylation sites is 1. The minimum Gasteiger partial charge on any atom is -0.494 e. The molecule has 0 saturated carbocycles. The molecule has 7 heteroatoms. The van der Waals surface area contributed by atoms with Crippen molar-refractivity contribution in [3.8, 4) is 17.2 Å². The van der Waals surface area contributed by atoms with Crippen molar-refractivity contribution in [1.82, 2.24) is 20.0 Å². The normalized spacial score (nSPS) is 14.6. The van der Waals surface area contributed by atoms with Gasteiger partial charge in [0.1, 0.15) is 5.75 Å². The van der Waals surface area contributed by atoms with Crippen LogP contribution in [-0.4, -0.2) is 52.8 Å². The van der Waals surface area contributed by atoms with Crippen molar-refractivity contribution in [2.24, 2.45) is 0 Å². The molecule has 0 radical (unpaired) electrons. The molecule has 3 heterocycles. The van der Waals surface area contributed by atoms with Gasteiger partial charge >= 0.3 is 0 Å². The molecule has 1 aliphatic heterocycles. The first-order valence-corrected chi connectivity index (χ1v) is 11.7. The molecule has 1 fully saturated rings. The van der Waals surface area contributed by atoms with Crippen LogP contribution in [0.4, 0.5) is 5.69 Å². The number of hydrogen-bond donors (Lipinski definition) is 0. The van der Waals surface area contributed by atoms with Gasteiger partial charge < -0.3 is 14.2 Å². The number of rotatable bonds is 8. The Balaban J connectivity index is 1.17. The van der Waals surface area contributed by atoms with Crippen LogP contribution in [0.5, 0.6) is 5.75 Å². The molecular weight excluding hydrogens is 414 g/mol. The Kier molecular flexibility index (Phi) is 6.48. The zero-order chi connectivity index (χ0) is 22.5. The molecule has 0 amide bonds. The monoisotopic (exact) mass is 443 g/mol. The fourth-order valence-corrected chi connectivity index (χ4v) is 4.17. The second-order valence-corrected chi connectivity index (χ2v) is 8.35. The lowest BCUT2D eigenvalue weighted by Crippen LogP contribution is -2.46. The van der Waals surface area contributed by atoms with Gasteiger partial charge in [0.15, 0.2) is 5.82 Å². The summed E-state index contributed by atoms with van der Waals surface area (Å²) < 4.78 is 11.2. The van der Waals surface area contributed by atoms with Gasteiger partial charge in [0.25, 0.3) is 5.89 Å². The van der Waals surface area contributed by atoms with Crippen LogP contribution in [0.15, 0.2) is 65.3 Å². The van der Waals surface area contributed by atoms with Crippen LogP contribution in [0.2, 0.25) is 0 Å². The van der Waals surface area contributed by atoms with Crippen molar-refractivity contribution in [3.63, 3.8) is 0 Å². The zero-order valence-corrected chi connectivity index (χ0v) is 19.0. The lowest BCUT2D eigenvalue weighted by Gasteiger charge is -2.36. The molecule has 1 aliphatic rings. The topological polar surface area (TPSA) is 67.5 Å². The van der Waals surface area contributed by atoms with E-state index in [1.807, 2.05) is 36.5 Å². The first-order chi connectivity index (χ1) is 16.3. The summed E-state index contributed by atoms with van der Waals surface area (Å²) in [4.78, 5) is 13.9. The van der Waals surface area contributed by atoms with Gasteiger partial charge in [-0.3, -0.25) is 9.88 Å². The van der Waals surface area contributed by atoms with Crippen molar-refractivity contribution in [3.05, 3.63) is 66.6 Å². The minimum absolute atomic E-state index is 0.548. The Bertz CT molecular complexity index is 1180. The maximum absolute atomic E-state index is 5.73. The minimum atomic E-state index is 0.548. The first-order valence-electron chi connectivity index (χ1n) is 11.7. The molecule has 0 bridgehead atoms. The van der Waals surface area contributed by atoms with Gasteiger partial charge in [0.05, 0.1) is 18.7 Å². The van der Waals surface area contributed by atoms with Crippen LogP contribution in [0.25, 0.3) is 22.4 Å². The average molecular weight is 444 g/mol. The molecule has 7 nitrogen and oxygen atoms in total. The quantitative estimate of drug-likeness (QED) is 0.363. The summed E-state index contributed by atoms with van der Waals surface area (Å²) in [6, 6.07) is 18.3. The fraction of sp³-hybridized carbons (Fsp3) is 0.346. The number of aromatic nitrogens is 3. The van der Waals surface area contributed by atoms with Crippen molar-refractivity contribution in [2.45, 2.75) is 26.3 Å². The summed E-state index contributed by atoms with van der Waals surface area (Å²) in [5.41, 5.74) is 3.20. The lowest BCUT2D eigenvalue weighted by atomic mass is 10.1. The smallest absolute Gasteiger partial charge is 0.257 e. The van der Waals surface area contributed by atoms with E-state index in [4.69, 9.17) is 9.26 Å². The predicted molar refractivity (Wildman–Crippen MR) is 129 cm³/mol. The molecule has 33 heavy (non-hydrogen) atoms. The van der Waals surface area contributed by atoms with E-state index in [-0.39, 0.29) is 0 Å². The number of nitrogens with zero attached hydrogens (tertiary/aromatic N) is 5. The van der Waals surface area contributed by atoms with Crippen molar-refractivity contribution < 1.29 is 9.26 Å². The number of benzene rings is 2. The molecule has 1 saturated heterocycles. The Hall–Kier alpha value is -3.45. The second-order valence-electron chi connectivity index (χ2n) is 8.35. The predicted octanol–water partition coefficient (Wildman–Crippen LogP) is 4.79. The standard InChI is InChI=1S/C26H29N5O2/c1-2-3-18-32-21-10-8-20(9-11-21)26-28-25(29-33-26)19-30-14-16-31(17-15-30)24-12-13-27-23-7-5-4-6-22(23)24/h4-13H,2-3,14-19H2,1H3. The van der Waals surface area contributed by atoms with Crippen molar-refractivity contribution in [2.75, 3.05) is 37.7 Å². The van der Waals surface area contributed by atoms with Gasteiger partial charge in [-0.05, 0) is 42.8 Å². The number of pyridine rings is 1. The fourth-order valence-electron chi connectivity index (χ4n) is 4.17. The van der Waals surface area contributed by atoms with E-state index in [0.717, 1.165) is 68.3 Å². The van der Waals surface area contributed by atoms with Gasteiger partial charge in [-0.1, -0.05) is 36.7 Å². The lowest BCUT2D eigenvalue weighted by molar-refractivity contribution is 0.240. The summed E-state index contributed by atoms with van der Waals surface area (Å²) in [6.07, 6.45) is 4.08. The Morgan fingerprint density at radius 2 is 1.79 bits per heavy atom. The number of unbranched alkanes of at least 4 members (excludes halogenated alkanes) is 1. The Labute approximate surface area is 194 Å². The van der Waals surface area contributed by atoms with Gasteiger partial charge in [0, 0.05) is 49.0 Å². The Morgan fingerprint density at radius 3 is 2.61 bits per heavy atom. The summed E-state index contributed by atoms with van der Waals surface area (Å²) in [5.74, 6) is 2.13. The number of ether oxygens (including phenoxy) is 1. The van der Waals surface area contributed by atoms with Crippen LogP contribution >= 0.6 is 0 Å². The van der Waals surface area contributed by atoms with E-state index < -0.39 is 0 Å². The molecular formula is C26H29N5O2. The number of anilines is 1. The van der Waals surface area contributed by atoms with E-state index >= 15 is 0 Å². The second kappa shape index (κ2) is 10.0. The SMILES string of the molecule is CCCCOc1ccc(-c2nc(CN3CCN(c4ccnc5ccccc45)CC3)no2)cc1. The molecule has 0 N–H and O–H groups in total. The third-order valence-electron chi connectivity index (χ3n) is 6.04. The van der Waals surface area contributed by atoms with E-state index in [2.05, 4.69) is 56.1 Å². The summed E-state index contributed by atoms with van der Waals surface area (Å²) >= 11 is 0. The van der Waals surface area contributed by atoms with Gasteiger partial charge in [0.2, 0.25) is 0 Å². The summed E-state index contributed by atoms with van der Waals surface area (Å²) in [7, 11) is 0. The number of hydrogen-bond acceptors (Lipinski definition) is 7. The van der Waals surface area contributed by atoms with Crippen LogP contribution in [0.1, 0.15) is 25.6 Å². The van der Waals surface area contributed by atoms with Crippen LogP contribution in [-0.2, 0) is 6.54 Å². The van der Waals surface area contributed by atoms with Gasteiger partial charge in [-0.25, -0.2) is 0 Å².